The van der Waals surface area contributed by atoms with Gasteiger partial charge in [-0.15, -0.1) is 0 Å². The molecule has 0 aliphatic rings. The quantitative estimate of drug-likeness (QED) is 0.539. The molecule has 0 aromatic carbocycles. The van der Waals surface area contributed by atoms with Crippen molar-refractivity contribution in [1.29, 1.82) is 5.26 Å². The molecule has 0 bridgehead atoms. The summed E-state index contributed by atoms with van der Waals surface area (Å²) in [6.07, 6.45) is 1.38. The summed E-state index contributed by atoms with van der Waals surface area (Å²) in [6.45, 7) is 1.39. The number of nitrogens with zero attached hydrogens (tertiary/aromatic N) is 1. The van der Waals surface area contributed by atoms with Crippen LogP contribution in [0.2, 0.25) is 0 Å². The molecule has 2 N–H and O–H groups in total. The maximum absolute atomic E-state index is 10.3. The minimum Gasteiger partial charge on any atom is -0.401 e. The Morgan fingerprint density at radius 3 is 2.78 bits per heavy atom. The number of hydrogen-bond donors (Lipinski definition) is 1. The summed E-state index contributed by atoms with van der Waals surface area (Å²) in [7, 11) is 0. The van der Waals surface area contributed by atoms with Crippen molar-refractivity contribution < 1.29 is 4.79 Å². The number of carbonyl (C=O) groups excluding carboxylic acids is 1. The van der Waals surface area contributed by atoms with E-state index in [2.05, 4.69) is 0 Å². The molecular weight excluding hydrogens is 116 g/mol. The second kappa shape index (κ2) is 3.67. The molecule has 3 heteroatoms. The largest absolute Gasteiger partial charge is 0.401 e. The topological polar surface area (TPSA) is 66.9 Å². The Labute approximate surface area is 53.8 Å². The van der Waals surface area contributed by atoms with Crippen molar-refractivity contribution in [1.82, 2.24) is 0 Å². The van der Waals surface area contributed by atoms with Gasteiger partial charge >= 0.3 is 0 Å². The molecular formula is C6H8N2O. The number of carbonyl (C=O) groups is 1. The number of rotatable bonds is 2. The lowest BCUT2D eigenvalue weighted by Crippen LogP contribution is -1.98. The molecule has 48 valence electrons. The zero-order valence-electron chi connectivity index (χ0n) is 5.22. The Hall–Kier alpha value is -1.30. The highest BCUT2D eigenvalue weighted by Gasteiger charge is 1.89. The molecule has 0 radical (unpaired) electrons. The van der Waals surface area contributed by atoms with Gasteiger partial charge in [0.1, 0.15) is 0 Å². The van der Waals surface area contributed by atoms with Gasteiger partial charge in [0.05, 0.1) is 12.5 Å². The van der Waals surface area contributed by atoms with E-state index in [4.69, 9.17) is 11.0 Å². The van der Waals surface area contributed by atoms with Crippen LogP contribution in [0.25, 0.3) is 0 Å². The number of ketones is 1. The van der Waals surface area contributed by atoms with Gasteiger partial charge in [-0.3, -0.25) is 4.79 Å². The highest BCUT2D eigenvalue weighted by atomic mass is 16.1. The molecule has 0 saturated carbocycles. The summed E-state index contributed by atoms with van der Waals surface area (Å²) in [4.78, 5) is 10.3. The monoisotopic (exact) mass is 124 g/mol. The van der Waals surface area contributed by atoms with Gasteiger partial charge in [-0.1, -0.05) is 0 Å². The Balaban J connectivity index is 3.88. The van der Waals surface area contributed by atoms with Crippen molar-refractivity contribution in [2.75, 3.05) is 0 Å². The minimum absolute atomic E-state index is 0.122. The Kier molecular flexibility index (Phi) is 3.14. The molecule has 0 spiro atoms. The highest BCUT2D eigenvalue weighted by molar-refractivity contribution is 5.87. The van der Waals surface area contributed by atoms with Crippen LogP contribution in [0.1, 0.15) is 13.3 Å². The second-order valence-corrected chi connectivity index (χ2v) is 1.66. The SMILES string of the molecule is CC(=O)/C=C(\N)CC#N. The molecule has 9 heavy (non-hydrogen) atoms. The molecule has 0 aromatic heterocycles. The number of hydrogen-bond acceptors (Lipinski definition) is 3. The van der Waals surface area contributed by atoms with Crippen LogP contribution in [0.3, 0.4) is 0 Å². The van der Waals surface area contributed by atoms with Crippen LogP contribution in [0.15, 0.2) is 11.8 Å². The zero-order chi connectivity index (χ0) is 7.28. The van der Waals surface area contributed by atoms with E-state index in [0.717, 1.165) is 0 Å². The maximum atomic E-state index is 10.3. The smallest absolute Gasteiger partial charge is 0.154 e. The van der Waals surface area contributed by atoms with Crippen molar-refractivity contribution >= 4 is 5.78 Å². The van der Waals surface area contributed by atoms with Crippen LogP contribution in [-0.2, 0) is 4.79 Å². The Bertz CT molecular complexity index is 176. The molecule has 0 atom stereocenters. The standard InChI is InChI=1S/C6H8N2O/c1-5(9)4-6(8)2-3-7/h4H,2,8H2,1H3/b6-4-. The van der Waals surface area contributed by atoms with Crippen LogP contribution in [-0.4, -0.2) is 5.78 Å². The first-order chi connectivity index (χ1) is 4.16. The predicted molar refractivity (Wildman–Crippen MR) is 33.2 cm³/mol. The van der Waals surface area contributed by atoms with Crippen molar-refractivity contribution in [2.45, 2.75) is 13.3 Å². The number of allylic oxidation sites excluding steroid dienone is 2. The summed E-state index contributed by atoms with van der Waals surface area (Å²) in [5.74, 6) is -0.122. The second-order valence-electron chi connectivity index (χ2n) is 1.66. The molecule has 0 heterocycles. The van der Waals surface area contributed by atoms with Gasteiger partial charge < -0.3 is 5.73 Å². The van der Waals surface area contributed by atoms with E-state index in [9.17, 15) is 4.79 Å². The van der Waals surface area contributed by atoms with E-state index in [1.165, 1.54) is 13.0 Å². The average Bonchev–Trinajstić information content (AvgIpc) is 1.63. The fourth-order valence-electron chi connectivity index (χ4n) is 0.403. The molecule has 0 unspecified atom stereocenters. The van der Waals surface area contributed by atoms with Gasteiger partial charge in [0.15, 0.2) is 5.78 Å². The van der Waals surface area contributed by atoms with Gasteiger partial charge in [-0.25, -0.2) is 0 Å². The molecule has 0 amide bonds. The normalized spacial score (nSPS) is 10.4. The first kappa shape index (κ1) is 7.70. The van der Waals surface area contributed by atoms with Crippen LogP contribution < -0.4 is 5.73 Å². The fraction of sp³-hybridized carbons (Fsp3) is 0.333. The van der Waals surface area contributed by atoms with Crippen LogP contribution in [0.4, 0.5) is 0 Å². The Morgan fingerprint density at radius 2 is 2.44 bits per heavy atom. The summed E-state index contributed by atoms with van der Waals surface area (Å²) in [5, 5.41) is 8.07. The lowest BCUT2D eigenvalue weighted by Gasteiger charge is -1.87. The molecule has 0 rings (SSSR count). The number of nitrogens with two attached hydrogens (primary N) is 1. The van der Waals surface area contributed by atoms with Crippen LogP contribution in [0, 0.1) is 11.3 Å². The van der Waals surface area contributed by atoms with Crippen molar-refractivity contribution in [2.24, 2.45) is 5.73 Å². The minimum atomic E-state index is -0.122. The molecule has 0 aliphatic heterocycles. The van der Waals surface area contributed by atoms with Gasteiger partial charge in [0.25, 0.3) is 0 Å². The lowest BCUT2D eigenvalue weighted by molar-refractivity contribution is -0.112. The van der Waals surface area contributed by atoms with Gasteiger partial charge in [0.2, 0.25) is 0 Å². The predicted octanol–water partition coefficient (Wildman–Crippen LogP) is 0.332. The van der Waals surface area contributed by atoms with E-state index in [-0.39, 0.29) is 12.2 Å². The third kappa shape index (κ3) is 4.56. The third-order valence-corrected chi connectivity index (χ3v) is 0.672. The summed E-state index contributed by atoms with van der Waals surface area (Å²) >= 11 is 0. The van der Waals surface area contributed by atoms with E-state index < -0.39 is 0 Å². The summed E-state index contributed by atoms with van der Waals surface area (Å²) in [5.41, 5.74) is 5.53. The lowest BCUT2D eigenvalue weighted by atomic mass is 10.3. The van der Waals surface area contributed by atoms with Crippen molar-refractivity contribution in [3.8, 4) is 6.07 Å². The van der Waals surface area contributed by atoms with Gasteiger partial charge in [-0.05, 0) is 6.92 Å². The molecule has 0 saturated heterocycles. The summed E-state index contributed by atoms with van der Waals surface area (Å²) < 4.78 is 0. The molecule has 3 nitrogen and oxygen atoms in total. The highest BCUT2D eigenvalue weighted by Crippen LogP contribution is 1.89. The number of nitriles is 1. The first-order valence-electron chi connectivity index (χ1n) is 2.50. The van der Waals surface area contributed by atoms with Crippen molar-refractivity contribution in [3.05, 3.63) is 11.8 Å². The molecule has 0 fully saturated rings. The maximum Gasteiger partial charge on any atom is 0.154 e. The van der Waals surface area contributed by atoms with Crippen molar-refractivity contribution in [3.63, 3.8) is 0 Å². The van der Waals surface area contributed by atoms with E-state index in [0.29, 0.717) is 5.70 Å². The zero-order valence-corrected chi connectivity index (χ0v) is 5.22. The average molecular weight is 124 g/mol. The first-order valence-corrected chi connectivity index (χ1v) is 2.50. The van der Waals surface area contributed by atoms with Gasteiger partial charge in [-0.2, -0.15) is 5.26 Å². The Morgan fingerprint density at radius 1 is 1.89 bits per heavy atom. The summed E-state index contributed by atoms with van der Waals surface area (Å²) in [6, 6.07) is 1.83. The fourth-order valence-corrected chi connectivity index (χ4v) is 0.403. The van der Waals surface area contributed by atoms with Crippen LogP contribution in [0.5, 0.6) is 0 Å². The third-order valence-electron chi connectivity index (χ3n) is 0.672. The van der Waals surface area contributed by atoms with Gasteiger partial charge in [0, 0.05) is 11.8 Å². The van der Waals surface area contributed by atoms with Crippen LogP contribution >= 0.6 is 0 Å². The van der Waals surface area contributed by atoms with E-state index >= 15 is 0 Å². The molecule has 0 aliphatic carbocycles. The van der Waals surface area contributed by atoms with E-state index in [1.807, 2.05) is 6.07 Å². The van der Waals surface area contributed by atoms with E-state index in [1.54, 1.807) is 0 Å². The molecule has 0 aromatic rings.